The summed E-state index contributed by atoms with van der Waals surface area (Å²) >= 11 is 4.83. The third kappa shape index (κ3) is 2.39. The molecule has 4 rings (SSSR count). The van der Waals surface area contributed by atoms with Gasteiger partial charge in [0.05, 0.1) is 0 Å². The lowest BCUT2D eigenvalue weighted by atomic mass is 10.2. The third-order valence-electron chi connectivity index (χ3n) is 3.58. The van der Waals surface area contributed by atoms with Gasteiger partial charge < -0.3 is 0 Å². The highest BCUT2D eigenvalue weighted by Crippen LogP contribution is 2.48. The molecule has 0 saturated carbocycles. The molecule has 0 spiro atoms. The van der Waals surface area contributed by atoms with Crippen molar-refractivity contribution in [2.45, 2.75) is 0 Å². The number of fused-ring (bicyclic) bond motifs is 3. The first kappa shape index (κ1) is 14.0. The Hall–Kier alpha value is -0.660. The predicted molar refractivity (Wildman–Crippen MR) is 111 cm³/mol. The Bertz CT molecular complexity index is 896. The van der Waals surface area contributed by atoms with Gasteiger partial charge in [-0.3, -0.25) is 0 Å². The molecule has 3 heteroatoms. The fourth-order valence-electron chi connectivity index (χ4n) is 2.75. The maximum Gasteiger partial charge on any atom is 0.187 e. The quantitative estimate of drug-likeness (QED) is 0.191. The van der Waals surface area contributed by atoms with Crippen molar-refractivity contribution in [2.24, 2.45) is 0 Å². The number of halogens is 2. The summed E-state index contributed by atoms with van der Waals surface area (Å²) in [5.41, 5.74) is 0. The molecule has 0 saturated heterocycles. The van der Waals surface area contributed by atoms with Gasteiger partial charge in [0, 0.05) is 40.5 Å². The van der Waals surface area contributed by atoms with Crippen LogP contribution in [0.4, 0.5) is 0 Å². The molecular formula is C18H11I2S+. The first-order chi connectivity index (χ1) is 10.2. The Morgan fingerprint density at radius 1 is 0.619 bits per heavy atom. The van der Waals surface area contributed by atoms with E-state index in [0.717, 1.165) is 0 Å². The number of benzene rings is 3. The molecule has 0 fully saturated rings. The lowest BCUT2D eigenvalue weighted by Crippen LogP contribution is -1.78. The molecule has 0 amide bonds. The van der Waals surface area contributed by atoms with Gasteiger partial charge in [0.2, 0.25) is 0 Å². The Morgan fingerprint density at radius 2 is 1.10 bits per heavy atom. The zero-order valence-electron chi connectivity index (χ0n) is 11.0. The number of thiophene rings is 1. The van der Waals surface area contributed by atoms with E-state index >= 15 is 0 Å². The molecule has 102 valence electrons. The maximum absolute atomic E-state index is 2.42. The lowest BCUT2D eigenvalue weighted by Gasteiger charge is -1.97. The molecule has 0 N–H and O–H groups in total. The number of hydrogen-bond acceptors (Lipinski definition) is 0. The minimum atomic E-state index is 0.0293. The van der Waals surface area contributed by atoms with E-state index in [1.54, 1.807) is 0 Å². The van der Waals surface area contributed by atoms with Gasteiger partial charge in [-0.25, -0.2) is 0 Å². The van der Waals surface area contributed by atoms with Gasteiger partial charge in [0.15, 0.2) is 14.3 Å². The fourth-order valence-corrected chi connectivity index (χ4v) is 7.57. The van der Waals surface area contributed by atoms with Gasteiger partial charge in [-0.2, -0.15) is 0 Å². The van der Waals surface area contributed by atoms with Gasteiger partial charge in [-0.15, -0.1) is 0 Å². The van der Waals surface area contributed by atoms with Gasteiger partial charge in [-0.1, -0.05) is 24.3 Å². The summed E-state index contributed by atoms with van der Waals surface area (Å²) in [4.78, 5) is 1.42. The van der Waals surface area contributed by atoms with E-state index in [-0.39, 0.29) is 10.5 Å². The van der Waals surface area contributed by atoms with Crippen LogP contribution in [0.2, 0.25) is 0 Å². The van der Waals surface area contributed by atoms with Gasteiger partial charge in [0.25, 0.3) is 0 Å². The van der Waals surface area contributed by atoms with Crippen LogP contribution in [-0.4, -0.2) is 0 Å². The first-order valence-corrected chi connectivity index (χ1v) is 10.0. The van der Waals surface area contributed by atoms with E-state index < -0.39 is 0 Å². The first-order valence-electron chi connectivity index (χ1n) is 6.63. The second-order valence-corrected chi connectivity index (χ2v) is 9.36. The summed E-state index contributed by atoms with van der Waals surface area (Å²) < 4.78 is 5.53. The van der Waals surface area contributed by atoms with Crippen LogP contribution in [0.15, 0.2) is 66.7 Å². The molecule has 0 unspecified atom stereocenters. The zero-order valence-corrected chi connectivity index (χ0v) is 16.1. The Kier molecular flexibility index (Phi) is 3.67. The second kappa shape index (κ2) is 5.52. The van der Waals surface area contributed by atoms with Crippen LogP contribution in [0.1, 0.15) is 0 Å². The van der Waals surface area contributed by atoms with E-state index in [4.69, 9.17) is 0 Å². The number of hydrogen-bond donors (Lipinski definition) is 0. The van der Waals surface area contributed by atoms with Gasteiger partial charge >= 0.3 is 0 Å². The van der Waals surface area contributed by atoms with E-state index in [2.05, 4.69) is 112 Å². The average Bonchev–Trinajstić information content (AvgIpc) is 2.81. The highest BCUT2D eigenvalue weighted by Gasteiger charge is 2.23. The normalized spacial score (nSPS) is 11.3. The molecule has 0 nitrogen and oxygen atoms in total. The van der Waals surface area contributed by atoms with Crippen LogP contribution in [0.25, 0.3) is 25.1 Å². The van der Waals surface area contributed by atoms with Crippen LogP contribution in [0.3, 0.4) is 0 Å². The van der Waals surface area contributed by atoms with E-state index in [1.807, 2.05) is 0 Å². The van der Waals surface area contributed by atoms with Crippen molar-refractivity contribution in [2.75, 3.05) is 0 Å². The molecule has 1 aromatic heterocycles. The Labute approximate surface area is 153 Å². The van der Waals surface area contributed by atoms with Crippen molar-refractivity contribution < 1.29 is 0 Å². The van der Waals surface area contributed by atoms with Crippen molar-refractivity contribution >= 4 is 75.8 Å². The summed E-state index contributed by atoms with van der Waals surface area (Å²) in [6, 6.07) is 24.5. The molecule has 0 radical (unpaired) electrons. The molecule has 1 heterocycles. The molecule has 0 aliphatic rings. The molecule has 0 aliphatic heterocycles. The molecule has 0 atom stereocenters. The van der Waals surface area contributed by atoms with Crippen molar-refractivity contribution in [3.05, 3.63) is 73.9 Å². The molecule has 21 heavy (non-hydrogen) atoms. The van der Waals surface area contributed by atoms with Crippen LogP contribution in [0, 0.1) is 7.14 Å². The standard InChI is InChI=1S/C18H11I2S/c19-12-9-13(20)11-14(10-12)21-17-7-3-1-5-15(17)16-6-2-4-8-18(16)21/h1-11H/q+1. The van der Waals surface area contributed by atoms with E-state index in [9.17, 15) is 0 Å². The molecule has 3 aromatic carbocycles. The second-order valence-electron chi connectivity index (χ2n) is 4.90. The lowest BCUT2D eigenvalue weighted by molar-refractivity contribution is 1.63. The zero-order chi connectivity index (χ0) is 14.4. The minimum Gasteiger partial charge on any atom is -0.0612 e. The SMILES string of the molecule is Ic1cc(I)cc(-[s+]2c3ccccc3c3ccccc32)c1. The molecule has 4 aromatic rings. The third-order valence-corrected chi connectivity index (χ3v) is 7.12. The van der Waals surface area contributed by atoms with Crippen molar-refractivity contribution in [1.29, 1.82) is 0 Å². The molecular weight excluding hydrogens is 502 g/mol. The summed E-state index contributed by atoms with van der Waals surface area (Å²) in [5.74, 6) is 0. The van der Waals surface area contributed by atoms with Crippen molar-refractivity contribution in [3.63, 3.8) is 0 Å². The van der Waals surface area contributed by atoms with Gasteiger partial charge in [0.1, 0.15) is 0 Å². The van der Waals surface area contributed by atoms with E-state index in [0.29, 0.717) is 0 Å². The van der Waals surface area contributed by atoms with E-state index in [1.165, 1.54) is 32.2 Å². The summed E-state index contributed by atoms with van der Waals surface area (Å²) in [7, 11) is 0.0293. The highest BCUT2D eigenvalue weighted by molar-refractivity contribution is 14.1. The minimum absolute atomic E-state index is 0.0293. The van der Waals surface area contributed by atoms with Gasteiger partial charge in [-0.05, 0) is 75.5 Å². The van der Waals surface area contributed by atoms with Crippen LogP contribution < -0.4 is 0 Å². The highest BCUT2D eigenvalue weighted by atomic mass is 127. The largest absolute Gasteiger partial charge is 0.187 e. The topological polar surface area (TPSA) is 0 Å². The van der Waals surface area contributed by atoms with Crippen LogP contribution >= 0.6 is 55.7 Å². The summed E-state index contributed by atoms with van der Waals surface area (Å²) in [6.45, 7) is 0. The van der Waals surface area contributed by atoms with Crippen molar-refractivity contribution in [3.8, 4) is 4.90 Å². The molecule has 0 aliphatic carbocycles. The monoisotopic (exact) mass is 513 g/mol. The molecule has 0 bridgehead atoms. The van der Waals surface area contributed by atoms with Crippen LogP contribution in [0.5, 0.6) is 0 Å². The average molecular weight is 513 g/mol. The Morgan fingerprint density at radius 3 is 1.62 bits per heavy atom. The predicted octanol–water partition coefficient (Wildman–Crippen LogP) is 6.94. The number of rotatable bonds is 1. The Balaban J connectivity index is 2.20. The van der Waals surface area contributed by atoms with Crippen molar-refractivity contribution in [1.82, 2.24) is 0 Å². The van der Waals surface area contributed by atoms with Crippen LogP contribution in [-0.2, 0) is 0 Å². The maximum atomic E-state index is 2.42. The summed E-state index contributed by atoms with van der Waals surface area (Å²) in [5, 5.41) is 2.79. The summed E-state index contributed by atoms with van der Waals surface area (Å²) in [6.07, 6.45) is 0. The smallest absolute Gasteiger partial charge is 0.0612 e. The fraction of sp³-hybridized carbons (Fsp3) is 0.